The van der Waals surface area contributed by atoms with Crippen LogP contribution in [0.4, 0.5) is 0 Å². The molecule has 8 nitrogen and oxygen atoms in total. The van der Waals surface area contributed by atoms with Crippen LogP contribution in [-0.2, 0) is 22.7 Å². The van der Waals surface area contributed by atoms with Crippen molar-refractivity contribution in [2.45, 2.75) is 65.5 Å². The number of carbonyl (C=O) groups excluding carboxylic acids is 2. The molecule has 1 aliphatic carbocycles. The maximum Gasteiger partial charge on any atom is 0.332 e. The van der Waals surface area contributed by atoms with Crippen molar-refractivity contribution < 1.29 is 9.59 Å². The first-order valence-corrected chi connectivity index (χ1v) is 13.1. The van der Waals surface area contributed by atoms with Gasteiger partial charge in [0.1, 0.15) is 11.2 Å². The average Bonchev–Trinajstić information content (AvgIpc) is 3.53. The first-order valence-electron chi connectivity index (χ1n) is 12.2. The number of fused-ring (bicyclic) bond motifs is 1. The molecule has 3 heterocycles. The Balaban J connectivity index is 1.52. The van der Waals surface area contributed by atoms with E-state index in [1.54, 1.807) is 16.3 Å². The molecule has 2 aromatic rings. The van der Waals surface area contributed by atoms with E-state index in [2.05, 4.69) is 0 Å². The van der Waals surface area contributed by atoms with Crippen LogP contribution in [0.5, 0.6) is 0 Å². The number of nitrogens with zero attached hydrogens (tertiary/aromatic N) is 4. The molecule has 0 N–H and O–H groups in total. The lowest BCUT2D eigenvalue weighted by Gasteiger charge is -2.30. The molecule has 1 aliphatic heterocycles. The number of hydrogen-bond acceptors (Lipinski definition) is 5. The lowest BCUT2D eigenvalue weighted by Crippen LogP contribution is -2.44. The minimum atomic E-state index is -0.415. The summed E-state index contributed by atoms with van der Waals surface area (Å²) in [5, 5.41) is 1.80. The van der Waals surface area contributed by atoms with E-state index in [-0.39, 0.29) is 35.8 Å². The van der Waals surface area contributed by atoms with E-state index >= 15 is 0 Å². The molecular formula is C24H34N4O4S. The summed E-state index contributed by atoms with van der Waals surface area (Å²) < 4.78 is 3.29. The minimum absolute atomic E-state index is 0.0644. The third kappa shape index (κ3) is 4.78. The molecule has 9 heteroatoms. The zero-order chi connectivity index (χ0) is 23.5. The summed E-state index contributed by atoms with van der Waals surface area (Å²) in [7, 11) is 0. The Labute approximate surface area is 197 Å². The van der Waals surface area contributed by atoms with Crippen LogP contribution in [0.3, 0.4) is 0 Å². The fourth-order valence-electron chi connectivity index (χ4n) is 5.30. The Bertz CT molecular complexity index is 1120. The van der Waals surface area contributed by atoms with Gasteiger partial charge >= 0.3 is 5.69 Å². The van der Waals surface area contributed by atoms with Gasteiger partial charge in [-0.05, 0) is 69.7 Å². The van der Waals surface area contributed by atoms with Crippen LogP contribution in [0.1, 0.15) is 52.4 Å². The first-order chi connectivity index (χ1) is 15.9. The van der Waals surface area contributed by atoms with Gasteiger partial charge in [-0.2, -0.15) is 0 Å². The van der Waals surface area contributed by atoms with E-state index in [4.69, 9.17) is 0 Å². The molecule has 0 aromatic carbocycles. The van der Waals surface area contributed by atoms with Gasteiger partial charge < -0.3 is 9.80 Å². The minimum Gasteiger partial charge on any atom is -0.342 e. The van der Waals surface area contributed by atoms with Crippen molar-refractivity contribution in [3.8, 4) is 0 Å². The third-order valence-corrected chi connectivity index (χ3v) is 8.19. The van der Waals surface area contributed by atoms with E-state index in [0.717, 1.165) is 51.6 Å². The highest BCUT2D eigenvalue weighted by atomic mass is 32.1. The second-order valence-corrected chi connectivity index (χ2v) is 10.2. The van der Waals surface area contributed by atoms with Gasteiger partial charge in [-0.15, -0.1) is 11.3 Å². The van der Waals surface area contributed by atoms with Crippen molar-refractivity contribution in [2.24, 2.45) is 11.8 Å². The van der Waals surface area contributed by atoms with Crippen LogP contribution in [0.2, 0.25) is 0 Å². The third-order valence-electron chi connectivity index (χ3n) is 7.30. The highest BCUT2D eigenvalue weighted by Crippen LogP contribution is 2.31. The summed E-state index contributed by atoms with van der Waals surface area (Å²) in [4.78, 5) is 55.6. The van der Waals surface area contributed by atoms with Gasteiger partial charge in [0.05, 0.1) is 5.52 Å². The van der Waals surface area contributed by atoms with Gasteiger partial charge in [-0.25, -0.2) is 4.79 Å². The molecule has 0 bridgehead atoms. The highest BCUT2D eigenvalue weighted by molar-refractivity contribution is 7.17. The molecule has 33 heavy (non-hydrogen) atoms. The van der Waals surface area contributed by atoms with Crippen LogP contribution in [0.25, 0.3) is 10.2 Å². The molecule has 0 radical (unpaired) electrons. The maximum atomic E-state index is 13.4. The molecule has 2 amide bonds. The number of thiophene rings is 1. The number of aromatic nitrogens is 2. The Hall–Kier alpha value is -2.42. The van der Waals surface area contributed by atoms with E-state index in [0.29, 0.717) is 29.9 Å². The monoisotopic (exact) mass is 474 g/mol. The molecule has 1 saturated heterocycles. The largest absolute Gasteiger partial charge is 0.342 e. The van der Waals surface area contributed by atoms with Crippen molar-refractivity contribution in [2.75, 3.05) is 26.2 Å². The molecule has 180 valence electrons. The summed E-state index contributed by atoms with van der Waals surface area (Å²) in [6.45, 7) is 7.01. The number of carbonyl (C=O) groups is 2. The summed E-state index contributed by atoms with van der Waals surface area (Å²) >= 11 is 1.31. The second-order valence-electron chi connectivity index (χ2n) is 9.24. The number of likely N-dealkylation sites (N-methyl/N-ethyl adjacent to an activating group) is 1. The zero-order valence-corrected chi connectivity index (χ0v) is 20.4. The molecule has 0 atom stereocenters. The SMILES string of the molecule is CCN(CC)C(=O)Cn1c(=O)n(CC2CCC(C(=O)N3CCCC3)CC2)c(=O)c2sccc21. The van der Waals surface area contributed by atoms with E-state index < -0.39 is 5.69 Å². The van der Waals surface area contributed by atoms with Crippen molar-refractivity contribution in [3.05, 3.63) is 32.3 Å². The molecule has 1 saturated carbocycles. The average molecular weight is 475 g/mol. The zero-order valence-electron chi connectivity index (χ0n) is 19.6. The Kier molecular flexibility index (Phi) is 7.36. The van der Waals surface area contributed by atoms with Crippen LogP contribution < -0.4 is 11.2 Å². The van der Waals surface area contributed by atoms with E-state index in [1.807, 2.05) is 18.7 Å². The summed E-state index contributed by atoms with van der Waals surface area (Å²) in [6.07, 6.45) is 5.47. The molecule has 2 fully saturated rings. The Morgan fingerprint density at radius 3 is 2.33 bits per heavy atom. The van der Waals surface area contributed by atoms with Crippen molar-refractivity contribution in [1.82, 2.24) is 18.9 Å². The first kappa shape index (κ1) is 23.7. The van der Waals surface area contributed by atoms with Gasteiger partial charge in [0.25, 0.3) is 5.56 Å². The Morgan fingerprint density at radius 2 is 1.70 bits per heavy atom. The van der Waals surface area contributed by atoms with Gasteiger partial charge in [0.15, 0.2) is 0 Å². The number of likely N-dealkylation sites (tertiary alicyclic amines) is 1. The summed E-state index contributed by atoms with van der Waals surface area (Å²) in [5.74, 6) is 0.405. The lowest BCUT2D eigenvalue weighted by atomic mass is 9.81. The molecule has 2 aliphatic rings. The van der Waals surface area contributed by atoms with Crippen LogP contribution in [-0.4, -0.2) is 56.9 Å². The second kappa shape index (κ2) is 10.2. The van der Waals surface area contributed by atoms with Crippen LogP contribution in [0.15, 0.2) is 21.0 Å². The predicted molar refractivity (Wildman–Crippen MR) is 130 cm³/mol. The molecule has 4 rings (SSSR count). The van der Waals surface area contributed by atoms with Gasteiger partial charge in [-0.1, -0.05) is 0 Å². The predicted octanol–water partition coefficient (Wildman–Crippen LogP) is 2.52. The number of hydrogen-bond donors (Lipinski definition) is 0. The normalized spacial score (nSPS) is 21.0. The molecule has 0 spiro atoms. The maximum absolute atomic E-state index is 13.4. The fourth-order valence-corrected chi connectivity index (χ4v) is 6.15. The quantitative estimate of drug-likeness (QED) is 0.617. The molecular weight excluding hydrogens is 440 g/mol. The molecule has 0 unspecified atom stereocenters. The number of amides is 2. The highest BCUT2D eigenvalue weighted by Gasteiger charge is 2.31. The van der Waals surface area contributed by atoms with E-state index in [1.165, 1.54) is 20.5 Å². The fraction of sp³-hybridized carbons (Fsp3) is 0.667. The summed E-state index contributed by atoms with van der Waals surface area (Å²) in [6, 6.07) is 1.75. The number of rotatable bonds is 7. The van der Waals surface area contributed by atoms with Crippen molar-refractivity contribution in [1.29, 1.82) is 0 Å². The Morgan fingerprint density at radius 1 is 1.03 bits per heavy atom. The van der Waals surface area contributed by atoms with Crippen molar-refractivity contribution in [3.63, 3.8) is 0 Å². The van der Waals surface area contributed by atoms with E-state index in [9.17, 15) is 19.2 Å². The smallest absolute Gasteiger partial charge is 0.332 e. The van der Waals surface area contributed by atoms with Gasteiger partial charge in [0, 0.05) is 38.6 Å². The topological polar surface area (TPSA) is 84.6 Å². The van der Waals surface area contributed by atoms with Gasteiger partial charge in [-0.3, -0.25) is 23.5 Å². The standard InChI is InChI=1S/C24H34N4O4S/c1-3-25(4-2)20(29)16-27-19-11-14-33-21(19)23(31)28(24(27)32)15-17-7-9-18(10-8-17)22(30)26-12-5-6-13-26/h11,14,17-18H,3-10,12-13,15-16H2,1-2H3. The molecule has 2 aromatic heterocycles. The van der Waals surface area contributed by atoms with Crippen LogP contribution in [0, 0.1) is 11.8 Å². The van der Waals surface area contributed by atoms with Gasteiger partial charge in [0.2, 0.25) is 11.8 Å². The lowest BCUT2D eigenvalue weighted by molar-refractivity contribution is -0.135. The van der Waals surface area contributed by atoms with Crippen molar-refractivity contribution >= 4 is 33.4 Å². The summed E-state index contributed by atoms with van der Waals surface area (Å²) in [5.41, 5.74) is -0.153. The van der Waals surface area contributed by atoms with Crippen LogP contribution >= 0.6 is 11.3 Å².